The Balaban J connectivity index is 1.60. The summed E-state index contributed by atoms with van der Waals surface area (Å²) in [5.41, 5.74) is 1.09. The van der Waals surface area contributed by atoms with E-state index >= 15 is 0 Å². The molecule has 1 fully saturated rings. The second kappa shape index (κ2) is 8.27. The van der Waals surface area contributed by atoms with Crippen LogP contribution in [0.25, 0.3) is 0 Å². The van der Waals surface area contributed by atoms with Crippen molar-refractivity contribution in [1.82, 2.24) is 10.2 Å². The van der Waals surface area contributed by atoms with E-state index < -0.39 is 0 Å². The number of amides is 2. The number of nitrogens with one attached hydrogen (secondary N) is 2. The van der Waals surface area contributed by atoms with Gasteiger partial charge < -0.3 is 10.6 Å². The topological polar surface area (TPSA) is 61.4 Å². The Labute approximate surface area is 152 Å². The van der Waals surface area contributed by atoms with Crippen molar-refractivity contribution >= 4 is 28.8 Å². The number of rotatable bonds is 8. The standard InChI is InChI=1S/C19H23N3O2S/c1-2-22(12-15-6-5-11-25-15)13-18(23)21-17-8-4-3-7-16(17)19(24)20-14-9-10-14/h3-8,11,14H,2,9-10,12-13H2,1H3,(H,20,24)(H,21,23). The summed E-state index contributed by atoms with van der Waals surface area (Å²) < 4.78 is 0. The van der Waals surface area contributed by atoms with E-state index in [0.717, 1.165) is 25.9 Å². The third-order valence-electron chi connectivity index (χ3n) is 4.13. The molecule has 3 rings (SSSR count). The first-order valence-corrected chi connectivity index (χ1v) is 9.48. The lowest BCUT2D eigenvalue weighted by Gasteiger charge is -2.19. The summed E-state index contributed by atoms with van der Waals surface area (Å²) in [7, 11) is 0. The van der Waals surface area contributed by atoms with Crippen LogP contribution >= 0.6 is 11.3 Å². The van der Waals surface area contributed by atoms with Gasteiger partial charge in [-0.15, -0.1) is 11.3 Å². The largest absolute Gasteiger partial charge is 0.349 e. The molecule has 2 amide bonds. The Morgan fingerprint density at radius 2 is 2.00 bits per heavy atom. The quantitative estimate of drug-likeness (QED) is 0.763. The average molecular weight is 357 g/mol. The van der Waals surface area contributed by atoms with E-state index in [1.54, 1.807) is 23.5 Å². The highest BCUT2D eigenvalue weighted by molar-refractivity contribution is 7.09. The Morgan fingerprint density at radius 1 is 1.20 bits per heavy atom. The lowest BCUT2D eigenvalue weighted by molar-refractivity contribution is -0.117. The molecule has 0 spiro atoms. The molecule has 0 aliphatic heterocycles. The second-order valence-corrected chi connectivity index (χ2v) is 7.26. The Hall–Kier alpha value is -2.18. The molecular weight excluding hydrogens is 334 g/mol. The van der Waals surface area contributed by atoms with Crippen LogP contribution in [0.5, 0.6) is 0 Å². The fourth-order valence-electron chi connectivity index (χ4n) is 2.58. The third kappa shape index (κ3) is 5.14. The lowest BCUT2D eigenvalue weighted by atomic mass is 10.1. The van der Waals surface area contributed by atoms with Crippen LogP contribution < -0.4 is 10.6 Å². The number of nitrogens with zero attached hydrogens (tertiary/aromatic N) is 1. The fourth-order valence-corrected chi connectivity index (χ4v) is 3.32. The molecule has 1 saturated carbocycles. The van der Waals surface area contributed by atoms with E-state index in [1.807, 2.05) is 30.5 Å². The molecule has 1 aromatic carbocycles. The first-order chi connectivity index (χ1) is 12.2. The predicted molar refractivity (Wildman–Crippen MR) is 101 cm³/mol. The summed E-state index contributed by atoms with van der Waals surface area (Å²) in [6, 6.07) is 11.5. The van der Waals surface area contributed by atoms with Crippen LogP contribution in [-0.4, -0.2) is 35.8 Å². The summed E-state index contributed by atoms with van der Waals surface area (Å²) in [4.78, 5) is 28.1. The van der Waals surface area contributed by atoms with Crippen LogP contribution in [0.4, 0.5) is 5.69 Å². The van der Waals surface area contributed by atoms with Crippen LogP contribution in [0.2, 0.25) is 0 Å². The third-order valence-corrected chi connectivity index (χ3v) is 4.99. The van der Waals surface area contributed by atoms with Crippen molar-refractivity contribution in [2.75, 3.05) is 18.4 Å². The SMILES string of the molecule is CCN(CC(=O)Nc1ccccc1C(=O)NC1CC1)Cc1cccs1. The highest BCUT2D eigenvalue weighted by Crippen LogP contribution is 2.21. The minimum Gasteiger partial charge on any atom is -0.349 e. The smallest absolute Gasteiger partial charge is 0.253 e. The molecule has 0 saturated heterocycles. The summed E-state index contributed by atoms with van der Waals surface area (Å²) in [5, 5.41) is 7.90. The van der Waals surface area contributed by atoms with Crippen molar-refractivity contribution in [2.45, 2.75) is 32.4 Å². The van der Waals surface area contributed by atoms with Gasteiger partial charge in [-0.3, -0.25) is 14.5 Å². The second-order valence-electron chi connectivity index (χ2n) is 6.22. The van der Waals surface area contributed by atoms with Gasteiger partial charge in [0.2, 0.25) is 5.91 Å². The van der Waals surface area contributed by atoms with Gasteiger partial charge in [0, 0.05) is 17.5 Å². The van der Waals surface area contributed by atoms with Crippen molar-refractivity contribution < 1.29 is 9.59 Å². The molecule has 132 valence electrons. The van der Waals surface area contributed by atoms with Crippen LogP contribution in [0.3, 0.4) is 0 Å². The van der Waals surface area contributed by atoms with Gasteiger partial charge >= 0.3 is 0 Å². The van der Waals surface area contributed by atoms with E-state index in [-0.39, 0.29) is 17.9 Å². The Kier molecular flexibility index (Phi) is 5.83. The van der Waals surface area contributed by atoms with Gasteiger partial charge in [-0.25, -0.2) is 0 Å². The monoisotopic (exact) mass is 357 g/mol. The molecule has 0 radical (unpaired) electrons. The normalized spacial score (nSPS) is 13.7. The molecule has 25 heavy (non-hydrogen) atoms. The maximum absolute atomic E-state index is 12.4. The van der Waals surface area contributed by atoms with Crippen LogP contribution in [0.1, 0.15) is 35.0 Å². The molecule has 1 aliphatic rings. The molecule has 2 N–H and O–H groups in total. The maximum Gasteiger partial charge on any atom is 0.253 e. The van der Waals surface area contributed by atoms with Gasteiger partial charge in [0.25, 0.3) is 5.91 Å². The molecule has 6 heteroatoms. The first-order valence-electron chi connectivity index (χ1n) is 8.60. The number of benzene rings is 1. The zero-order chi connectivity index (χ0) is 17.6. The van der Waals surface area contributed by atoms with Crippen molar-refractivity contribution in [2.24, 2.45) is 0 Å². The molecule has 1 aliphatic carbocycles. The highest BCUT2D eigenvalue weighted by atomic mass is 32.1. The molecule has 1 heterocycles. The van der Waals surface area contributed by atoms with Crippen LogP contribution in [0.15, 0.2) is 41.8 Å². The number of carbonyl (C=O) groups is 2. The van der Waals surface area contributed by atoms with E-state index in [4.69, 9.17) is 0 Å². The van der Waals surface area contributed by atoms with Crippen molar-refractivity contribution in [3.05, 3.63) is 52.2 Å². The van der Waals surface area contributed by atoms with E-state index in [9.17, 15) is 9.59 Å². The summed E-state index contributed by atoms with van der Waals surface area (Å²) in [6.07, 6.45) is 2.07. The Morgan fingerprint density at radius 3 is 2.68 bits per heavy atom. The van der Waals surface area contributed by atoms with Crippen molar-refractivity contribution in [3.8, 4) is 0 Å². The molecule has 0 bridgehead atoms. The first kappa shape index (κ1) is 17.6. The van der Waals surface area contributed by atoms with Crippen molar-refractivity contribution in [1.29, 1.82) is 0 Å². The predicted octanol–water partition coefficient (Wildman–Crippen LogP) is 3.10. The van der Waals surface area contributed by atoms with Gasteiger partial charge in [-0.05, 0) is 43.0 Å². The number of anilines is 1. The van der Waals surface area contributed by atoms with E-state index in [1.165, 1.54) is 4.88 Å². The highest BCUT2D eigenvalue weighted by Gasteiger charge is 2.25. The van der Waals surface area contributed by atoms with E-state index in [0.29, 0.717) is 17.8 Å². The van der Waals surface area contributed by atoms with E-state index in [2.05, 4.69) is 21.6 Å². The summed E-state index contributed by atoms with van der Waals surface area (Å²) >= 11 is 1.69. The number of hydrogen-bond donors (Lipinski definition) is 2. The molecule has 0 atom stereocenters. The zero-order valence-electron chi connectivity index (χ0n) is 14.3. The molecule has 2 aromatic rings. The molecular formula is C19H23N3O2S. The van der Waals surface area contributed by atoms with Crippen molar-refractivity contribution in [3.63, 3.8) is 0 Å². The molecule has 5 nitrogen and oxygen atoms in total. The zero-order valence-corrected chi connectivity index (χ0v) is 15.1. The number of likely N-dealkylation sites (N-methyl/N-ethyl adjacent to an activating group) is 1. The lowest BCUT2D eigenvalue weighted by Crippen LogP contribution is -2.33. The minimum atomic E-state index is -0.121. The number of thiophene rings is 1. The summed E-state index contributed by atoms with van der Waals surface area (Å²) in [6.45, 7) is 3.88. The summed E-state index contributed by atoms with van der Waals surface area (Å²) in [5.74, 6) is -0.227. The van der Waals surface area contributed by atoms with Gasteiger partial charge in [-0.2, -0.15) is 0 Å². The van der Waals surface area contributed by atoms with Crippen LogP contribution in [-0.2, 0) is 11.3 Å². The maximum atomic E-state index is 12.4. The van der Waals surface area contributed by atoms with Crippen LogP contribution in [0, 0.1) is 0 Å². The molecule has 0 unspecified atom stereocenters. The number of hydrogen-bond acceptors (Lipinski definition) is 4. The average Bonchev–Trinajstić information content (AvgIpc) is 3.27. The molecule has 1 aromatic heterocycles. The van der Waals surface area contributed by atoms with Gasteiger partial charge in [0.05, 0.1) is 17.8 Å². The van der Waals surface area contributed by atoms with Gasteiger partial charge in [0.15, 0.2) is 0 Å². The number of para-hydroxylation sites is 1. The number of carbonyl (C=O) groups excluding carboxylic acids is 2. The fraction of sp³-hybridized carbons (Fsp3) is 0.368. The van der Waals surface area contributed by atoms with Gasteiger partial charge in [0.1, 0.15) is 0 Å². The minimum absolute atomic E-state index is 0.106. The Bertz CT molecular complexity index is 726. The van der Waals surface area contributed by atoms with Gasteiger partial charge in [-0.1, -0.05) is 25.1 Å².